The summed E-state index contributed by atoms with van der Waals surface area (Å²) in [5.74, 6) is -0.445. The van der Waals surface area contributed by atoms with Crippen LogP contribution < -0.4 is 0 Å². The third kappa shape index (κ3) is 3.23. The zero-order valence-electron chi connectivity index (χ0n) is 12.1. The van der Waals surface area contributed by atoms with Gasteiger partial charge in [-0.05, 0) is 37.6 Å². The lowest BCUT2D eigenvalue weighted by Crippen LogP contribution is -2.51. The molecule has 1 fully saturated rings. The van der Waals surface area contributed by atoms with Crippen molar-refractivity contribution in [2.75, 3.05) is 26.2 Å². The summed E-state index contributed by atoms with van der Waals surface area (Å²) >= 11 is 0. The van der Waals surface area contributed by atoms with Crippen LogP contribution in [0.4, 0.5) is 4.39 Å². The van der Waals surface area contributed by atoms with E-state index in [0.717, 1.165) is 6.07 Å². The molecule has 0 aliphatic carbocycles. The normalized spacial score (nSPS) is 19.1. The van der Waals surface area contributed by atoms with Gasteiger partial charge in [-0.15, -0.1) is 0 Å². The van der Waals surface area contributed by atoms with Gasteiger partial charge in [-0.2, -0.15) is 9.57 Å². The zero-order chi connectivity index (χ0) is 15.6. The average molecular weight is 311 g/mol. The fourth-order valence-corrected chi connectivity index (χ4v) is 4.08. The van der Waals surface area contributed by atoms with Crippen LogP contribution in [0, 0.1) is 24.1 Å². The van der Waals surface area contributed by atoms with Crippen LogP contribution >= 0.6 is 0 Å². The molecule has 0 bridgehead atoms. The number of benzene rings is 1. The second kappa shape index (κ2) is 6.10. The van der Waals surface area contributed by atoms with Gasteiger partial charge in [0.2, 0.25) is 10.0 Å². The third-order valence-electron chi connectivity index (χ3n) is 3.76. The fraction of sp³-hybridized carbons (Fsp3) is 0.500. The molecule has 0 amide bonds. The number of nitrogens with zero attached hydrogens (tertiary/aromatic N) is 3. The largest absolute Gasteiger partial charge is 0.286 e. The highest BCUT2D eigenvalue weighted by atomic mass is 32.2. The van der Waals surface area contributed by atoms with Crippen LogP contribution in [0.1, 0.15) is 12.5 Å². The molecule has 0 aromatic heterocycles. The first-order valence-electron chi connectivity index (χ1n) is 6.76. The van der Waals surface area contributed by atoms with Crippen molar-refractivity contribution in [2.24, 2.45) is 0 Å². The number of sulfonamides is 1. The van der Waals surface area contributed by atoms with Crippen molar-refractivity contribution in [1.29, 1.82) is 5.26 Å². The van der Waals surface area contributed by atoms with Gasteiger partial charge in [0.15, 0.2) is 0 Å². The van der Waals surface area contributed by atoms with Crippen LogP contribution in [0.3, 0.4) is 0 Å². The monoisotopic (exact) mass is 311 g/mol. The predicted molar refractivity (Wildman–Crippen MR) is 76.5 cm³/mol. The molecule has 114 valence electrons. The molecule has 0 saturated carbocycles. The van der Waals surface area contributed by atoms with Crippen LogP contribution in [-0.2, 0) is 10.0 Å². The van der Waals surface area contributed by atoms with Crippen molar-refractivity contribution in [2.45, 2.75) is 24.8 Å². The Labute approximate surface area is 124 Å². The van der Waals surface area contributed by atoms with Gasteiger partial charge in [0.1, 0.15) is 5.82 Å². The number of piperazine rings is 1. The SMILES string of the molecule is Cc1cc(F)ccc1S(=O)(=O)N1CCN(C(C)C#N)CC1. The van der Waals surface area contributed by atoms with Crippen molar-refractivity contribution >= 4 is 10.0 Å². The second-order valence-corrected chi connectivity index (χ2v) is 7.06. The Morgan fingerprint density at radius 3 is 2.43 bits per heavy atom. The molecular formula is C14H18FN3O2S. The first kappa shape index (κ1) is 15.9. The molecule has 0 spiro atoms. The molecule has 1 aliphatic heterocycles. The van der Waals surface area contributed by atoms with Crippen molar-refractivity contribution in [3.63, 3.8) is 0 Å². The number of hydrogen-bond donors (Lipinski definition) is 0. The molecule has 2 rings (SSSR count). The number of aryl methyl sites for hydroxylation is 1. The first-order valence-corrected chi connectivity index (χ1v) is 8.20. The van der Waals surface area contributed by atoms with Crippen molar-refractivity contribution < 1.29 is 12.8 Å². The van der Waals surface area contributed by atoms with E-state index >= 15 is 0 Å². The van der Waals surface area contributed by atoms with Crippen molar-refractivity contribution in [3.8, 4) is 6.07 Å². The van der Waals surface area contributed by atoms with Gasteiger partial charge >= 0.3 is 0 Å². The maximum absolute atomic E-state index is 13.1. The van der Waals surface area contributed by atoms with E-state index < -0.39 is 15.8 Å². The van der Waals surface area contributed by atoms with Gasteiger partial charge in [0.25, 0.3) is 0 Å². The highest BCUT2D eigenvalue weighted by Gasteiger charge is 2.30. The second-order valence-electron chi connectivity index (χ2n) is 5.15. The minimum Gasteiger partial charge on any atom is -0.286 e. The van der Waals surface area contributed by atoms with Crippen LogP contribution in [0.5, 0.6) is 0 Å². The molecule has 1 saturated heterocycles. The molecule has 0 radical (unpaired) electrons. The summed E-state index contributed by atoms with van der Waals surface area (Å²) in [5, 5.41) is 8.89. The van der Waals surface area contributed by atoms with Crippen molar-refractivity contribution in [1.82, 2.24) is 9.21 Å². The molecule has 1 aromatic carbocycles. The number of hydrogen-bond acceptors (Lipinski definition) is 4. The molecule has 7 heteroatoms. The van der Waals surface area contributed by atoms with E-state index in [1.54, 1.807) is 13.8 Å². The number of halogens is 1. The van der Waals surface area contributed by atoms with Gasteiger partial charge in [-0.3, -0.25) is 4.90 Å². The van der Waals surface area contributed by atoms with Gasteiger partial charge in [0, 0.05) is 26.2 Å². The summed E-state index contributed by atoms with van der Waals surface area (Å²) in [6.07, 6.45) is 0. The topological polar surface area (TPSA) is 64.4 Å². The van der Waals surface area contributed by atoms with E-state index in [4.69, 9.17) is 5.26 Å². The van der Waals surface area contributed by atoms with Crippen LogP contribution in [0.15, 0.2) is 23.1 Å². The quantitative estimate of drug-likeness (QED) is 0.845. The molecule has 1 aliphatic rings. The zero-order valence-corrected chi connectivity index (χ0v) is 12.9. The molecule has 1 heterocycles. The lowest BCUT2D eigenvalue weighted by molar-refractivity contribution is 0.169. The minimum absolute atomic E-state index is 0.144. The summed E-state index contributed by atoms with van der Waals surface area (Å²) in [6.45, 7) is 5.11. The van der Waals surface area contributed by atoms with E-state index in [1.165, 1.54) is 16.4 Å². The highest BCUT2D eigenvalue weighted by Crippen LogP contribution is 2.22. The molecule has 5 nitrogen and oxygen atoms in total. The summed E-state index contributed by atoms with van der Waals surface area (Å²) in [4.78, 5) is 2.09. The van der Waals surface area contributed by atoms with E-state index in [9.17, 15) is 12.8 Å². The van der Waals surface area contributed by atoms with Gasteiger partial charge < -0.3 is 0 Å². The molecule has 0 N–H and O–H groups in total. The van der Waals surface area contributed by atoms with E-state index in [0.29, 0.717) is 31.7 Å². The summed E-state index contributed by atoms with van der Waals surface area (Å²) in [7, 11) is -3.61. The maximum Gasteiger partial charge on any atom is 0.243 e. The smallest absolute Gasteiger partial charge is 0.243 e. The third-order valence-corrected chi connectivity index (χ3v) is 5.82. The lowest BCUT2D eigenvalue weighted by Gasteiger charge is -2.35. The fourth-order valence-electron chi connectivity index (χ4n) is 2.45. The van der Waals surface area contributed by atoms with Crippen LogP contribution in [0.25, 0.3) is 0 Å². The molecule has 1 unspecified atom stereocenters. The van der Waals surface area contributed by atoms with Gasteiger partial charge in [0.05, 0.1) is 17.0 Å². The standard InChI is InChI=1S/C14H18FN3O2S/c1-11-9-13(15)3-4-14(11)21(19,20)18-7-5-17(6-8-18)12(2)10-16/h3-4,9,12H,5-8H2,1-2H3. The Balaban J connectivity index is 2.17. The van der Waals surface area contributed by atoms with Gasteiger partial charge in [-0.1, -0.05) is 0 Å². The van der Waals surface area contributed by atoms with E-state index in [1.807, 2.05) is 4.90 Å². The first-order chi connectivity index (χ1) is 9.86. The van der Waals surface area contributed by atoms with Crippen molar-refractivity contribution in [3.05, 3.63) is 29.6 Å². The van der Waals surface area contributed by atoms with Crippen LogP contribution in [0.2, 0.25) is 0 Å². The Morgan fingerprint density at radius 1 is 1.29 bits per heavy atom. The Hall–Kier alpha value is -1.49. The number of nitriles is 1. The molecule has 21 heavy (non-hydrogen) atoms. The Morgan fingerprint density at radius 2 is 1.90 bits per heavy atom. The van der Waals surface area contributed by atoms with Gasteiger partial charge in [-0.25, -0.2) is 12.8 Å². The summed E-state index contributed by atoms with van der Waals surface area (Å²) in [5.41, 5.74) is 0.405. The average Bonchev–Trinajstić information content (AvgIpc) is 2.46. The summed E-state index contributed by atoms with van der Waals surface area (Å²) in [6, 6.07) is 5.63. The molecule has 1 aromatic rings. The predicted octanol–water partition coefficient (Wildman–Crippen LogP) is 1.35. The Bertz CT molecular complexity index is 661. The van der Waals surface area contributed by atoms with Crippen LogP contribution in [-0.4, -0.2) is 49.8 Å². The Kier molecular flexibility index (Phi) is 4.61. The number of rotatable bonds is 3. The lowest BCUT2D eigenvalue weighted by atomic mass is 10.2. The molecule has 1 atom stereocenters. The van der Waals surface area contributed by atoms with E-state index in [-0.39, 0.29) is 10.9 Å². The highest BCUT2D eigenvalue weighted by molar-refractivity contribution is 7.89. The summed E-state index contributed by atoms with van der Waals surface area (Å²) < 4.78 is 39.7. The molecular weight excluding hydrogens is 293 g/mol. The minimum atomic E-state index is -3.61. The van der Waals surface area contributed by atoms with E-state index in [2.05, 4.69) is 6.07 Å². The maximum atomic E-state index is 13.1.